The molecule has 4 saturated carbocycles. The van der Waals surface area contributed by atoms with Gasteiger partial charge in [0.05, 0.1) is 17.8 Å². The molecule has 0 amide bonds. The lowest BCUT2D eigenvalue weighted by atomic mass is 9.44. The van der Waals surface area contributed by atoms with Crippen molar-refractivity contribution >= 4 is 0 Å². The highest BCUT2D eigenvalue weighted by atomic mass is 16.3. The molecule has 30 heavy (non-hydrogen) atoms. The molecule has 3 nitrogen and oxygen atoms in total. The van der Waals surface area contributed by atoms with Crippen LogP contribution < -0.4 is 0 Å². The van der Waals surface area contributed by atoms with Crippen molar-refractivity contribution in [1.82, 2.24) is 0 Å². The minimum atomic E-state index is -0.544. The summed E-state index contributed by atoms with van der Waals surface area (Å²) in [4.78, 5) is 0. The van der Waals surface area contributed by atoms with Crippen LogP contribution in [0.1, 0.15) is 105 Å². The Balaban J connectivity index is 1.48. The van der Waals surface area contributed by atoms with E-state index in [1.165, 1.54) is 32.1 Å². The number of fused-ring (bicyclic) bond motifs is 5. The number of aliphatic hydroxyl groups excluding tert-OH is 2. The number of hydrogen-bond donors (Lipinski definition) is 3. The molecule has 10 atom stereocenters. The van der Waals surface area contributed by atoms with Gasteiger partial charge in [-0.15, -0.1) is 0 Å². The fraction of sp³-hybridized carbons (Fsp3) is 1.00. The van der Waals surface area contributed by atoms with Gasteiger partial charge < -0.3 is 15.3 Å². The van der Waals surface area contributed by atoms with Crippen LogP contribution >= 0.6 is 0 Å². The Kier molecular flexibility index (Phi) is 6.17. The Morgan fingerprint density at radius 1 is 0.900 bits per heavy atom. The van der Waals surface area contributed by atoms with Crippen molar-refractivity contribution < 1.29 is 15.3 Å². The van der Waals surface area contributed by atoms with Gasteiger partial charge in [0.1, 0.15) is 0 Å². The fourth-order valence-corrected chi connectivity index (χ4v) is 9.31. The molecule has 3 heteroatoms. The lowest BCUT2D eigenvalue weighted by Gasteiger charge is -2.62. The van der Waals surface area contributed by atoms with E-state index in [0.29, 0.717) is 17.3 Å². The first kappa shape index (κ1) is 23.1. The summed E-state index contributed by atoms with van der Waals surface area (Å²) < 4.78 is 0. The van der Waals surface area contributed by atoms with E-state index in [1.807, 2.05) is 13.8 Å². The molecular formula is C27H48O3. The average Bonchev–Trinajstić information content (AvgIpc) is 3.00. The summed E-state index contributed by atoms with van der Waals surface area (Å²) >= 11 is 0. The maximum Gasteiger partial charge on any atom is 0.0591 e. The van der Waals surface area contributed by atoms with Crippen LogP contribution in [0.15, 0.2) is 0 Å². The van der Waals surface area contributed by atoms with Gasteiger partial charge in [-0.3, -0.25) is 0 Å². The summed E-state index contributed by atoms with van der Waals surface area (Å²) in [6.45, 7) is 11.4. The van der Waals surface area contributed by atoms with E-state index in [9.17, 15) is 15.3 Å². The van der Waals surface area contributed by atoms with Crippen LogP contribution in [-0.2, 0) is 0 Å². The largest absolute Gasteiger partial charge is 0.393 e. The normalized spacial score (nSPS) is 49.8. The van der Waals surface area contributed by atoms with Gasteiger partial charge in [0.15, 0.2) is 0 Å². The van der Waals surface area contributed by atoms with E-state index in [-0.39, 0.29) is 17.6 Å². The lowest BCUT2D eigenvalue weighted by molar-refractivity contribution is -0.172. The van der Waals surface area contributed by atoms with Crippen molar-refractivity contribution in [2.24, 2.45) is 46.3 Å². The second-order valence-corrected chi connectivity index (χ2v) is 13.1. The Hall–Kier alpha value is -0.120. The van der Waals surface area contributed by atoms with Gasteiger partial charge in [-0.1, -0.05) is 33.6 Å². The minimum Gasteiger partial charge on any atom is -0.393 e. The van der Waals surface area contributed by atoms with Gasteiger partial charge in [0.2, 0.25) is 0 Å². The predicted molar refractivity (Wildman–Crippen MR) is 122 cm³/mol. The van der Waals surface area contributed by atoms with Crippen molar-refractivity contribution in [3.8, 4) is 0 Å². The molecule has 3 N–H and O–H groups in total. The van der Waals surface area contributed by atoms with Crippen LogP contribution in [0.5, 0.6) is 0 Å². The van der Waals surface area contributed by atoms with E-state index in [1.54, 1.807) is 0 Å². The molecule has 0 aromatic rings. The molecule has 0 aromatic carbocycles. The fourth-order valence-electron chi connectivity index (χ4n) is 9.31. The molecule has 0 heterocycles. The van der Waals surface area contributed by atoms with E-state index in [0.717, 1.165) is 62.2 Å². The molecule has 0 aliphatic heterocycles. The van der Waals surface area contributed by atoms with Crippen molar-refractivity contribution in [2.45, 2.75) is 123 Å². The van der Waals surface area contributed by atoms with Crippen molar-refractivity contribution in [1.29, 1.82) is 0 Å². The standard InChI is InChI=1S/C27H48O3/c1-17(7-6-12-25(2,3)30)20-8-9-21-19-16-24(29)23-15-18(28)10-13-27(23,5)22(19)11-14-26(20,21)4/h17-24,28-30H,6-16H2,1-5H3/t17-,18+,19+,20-,21+,22+,23?,24+,26-,27-/m1/s1. The van der Waals surface area contributed by atoms with Gasteiger partial charge in [0.25, 0.3) is 0 Å². The van der Waals surface area contributed by atoms with Gasteiger partial charge in [-0.05, 0) is 118 Å². The second-order valence-electron chi connectivity index (χ2n) is 13.1. The lowest BCUT2D eigenvalue weighted by Crippen LogP contribution is -2.58. The summed E-state index contributed by atoms with van der Waals surface area (Å²) in [5, 5.41) is 31.5. The molecule has 4 aliphatic carbocycles. The molecule has 0 saturated heterocycles. The van der Waals surface area contributed by atoms with Crippen molar-refractivity contribution in [3.63, 3.8) is 0 Å². The molecule has 1 unspecified atom stereocenters. The molecule has 0 spiro atoms. The highest BCUT2D eigenvalue weighted by Gasteiger charge is 2.62. The van der Waals surface area contributed by atoms with Crippen LogP contribution in [-0.4, -0.2) is 33.1 Å². The van der Waals surface area contributed by atoms with E-state index >= 15 is 0 Å². The molecule has 0 aromatic heterocycles. The maximum atomic E-state index is 11.2. The highest BCUT2D eigenvalue weighted by molar-refractivity contribution is 5.11. The summed E-state index contributed by atoms with van der Waals surface area (Å²) in [7, 11) is 0. The SMILES string of the molecule is C[C@H](CCCC(C)(C)O)[C@H]1CC[C@H]2[C@@H]3C[C@H](O)C4C[C@@H](O)CC[C@]4(C)[C@H]3CC[C@]12C. The molecular weight excluding hydrogens is 372 g/mol. The predicted octanol–water partition coefficient (Wildman–Crippen LogP) is 5.55. The average molecular weight is 421 g/mol. The minimum absolute atomic E-state index is 0.205. The zero-order chi connectivity index (χ0) is 21.9. The number of rotatable bonds is 5. The summed E-state index contributed by atoms with van der Waals surface area (Å²) in [6, 6.07) is 0. The van der Waals surface area contributed by atoms with Crippen LogP contribution in [0.2, 0.25) is 0 Å². The molecule has 4 rings (SSSR count). The van der Waals surface area contributed by atoms with E-state index < -0.39 is 5.60 Å². The van der Waals surface area contributed by atoms with Crippen molar-refractivity contribution in [2.75, 3.05) is 0 Å². The quantitative estimate of drug-likeness (QED) is 0.546. The zero-order valence-electron chi connectivity index (χ0n) is 20.2. The third kappa shape index (κ3) is 3.90. The smallest absolute Gasteiger partial charge is 0.0591 e. The molecule has 4 aliphatic rings. The van der Waals surface area contributed by atoms with Crippen LogP contribution in [0.4, 0.5) is 0 Å². The maximum absolute atomic E-state index is 11.2. The first-order valence-corrected chi connectivity index (χ1v) is 13.0. The molecule has 0 bridgehead atoms. The van der Waals surface area contributed by atoms with Gasteiger partial charge in [0, 0.05) is 0 Å². The third-order valence-electron chi connectivity index (χ3n) is 10.9. The summed E-state index contributed by atoms with van der Waals surface area (Å²) in [5.41, 5.74) is 0.101. The van der Waals surface area contributed by atoms with Gasteiger partial charge in [-0.25, -0.2) is 0 Å². The summed E-state index contributed by atoms with van der Waals surface area (Å²) in [6.07, 6.45) is 12.0. The first-order chi connectivity index (χ1) is 14.0. The summed E-state index contributed by atoms with van der Waals surface area (Å²) in [5.74, 6) is 3.98. The second kappa shape index (κ2) is 8.03. The zero-order valence-corrected chi connectivity index (χ0v) is 20.2. The first-order valence-electron chi connectivity index (χ1n) is 13.0. The Bertz CT molecular complexity index is 612. The van der Waals surface area contributed by atoms with Gasteiger partial charge >= 0.3 is 0 Å². The number of hydrogen-bond acceptors (Lipinski definition) is 3. The molecule has 4 fully saturated rings. The Labute approximate surface area is 185 Å². The Morgan fingerprint density at radius 3 is 2.27 bits per heavy atom. The van der Waals surface area contributed by atoms with Gasteiger partial charge in [-0.2, -0.15) is 0 Å². The van der Waals surface area contributed by atoms with E-state index in [4.69, 9.17) is 0 Å². The topological polar surface area (TPSA) is 60.7 Å². The number of aliphatic hydroxyl groups is 3. The highest BCUT2D eigenvalue weighted by Crippen LogP contribution is 2.68. The van der Waals surface area contributed by atoms with Crippen molar-refractivity contribution in [3.05, 3.63) is 0 Å². The van der Waals surface area contributed by atoms with E-state index in [2.05, 4.69) is 20.8 Å². The third-order valence-corrected chi connectivity index (χ3v) is 10.9. The van der Waals surface area contributed by atoms with Crippen LogP contribution in [0, 0.1) is 46.3 Å². The molecule has 174 valence electrons. The van der Waals surface area contributed by atoms with Crippen LogP contribution in [0.3, 0.4) is 0 Å². The Morgan fingerprint density at radius 2 is 1.57 bits per heavy atom. The van der Waals surface area contributed by atoms with Crippen LogP contribution in [0.25, 0.3) is 0 Å². The molecule has 0 radical (unpaired) electrons. The monoisotopic (exact) mass is 420 g/mol.